The van der Waals surface area contributed by atoms with Crippen molar-refractivity contribution in [2.45, 2.75) is 27.2 Å². The molecular formula is C20H24N4O5. The monoisotopic (exact) mass is 400 g/mol. The number of aryl methyl sites for hydroxylation is 2. The molecule has 0 saturated carbocycles. The summed E-state index contributed by atoms with van der Waals surface area (Å²) in [4.78, 5) is 22.1. The minimum absolute atomic E-state index is 0.197. The molecule has 154 valence electrons. The van der Waals surface area contributed by atoms with Crippen LogP contribution < -0.4 is 4.74 Å². The molecular weight excluding hydrogens is 376 g/mol. The van der Waals surface area contributed by atoms with Crippen LogP contribution in [0.15, 0.2) is 36.7 Å². The largest absolute Gasteiger partial charge is 0.497 e. The number of carbonyl (C=O) groups excluding carboxylic acids is 1. The van der Waals surface area contributed by atoms with Crippen molar-refractivity contribution in [2.24, 2.45) is 0 Å². The van der Waals surface area contributed by atoms with Gasteiger partial charge in [0, 0.05) is 17.3 Å². The van der Waals surface area contributed by atoms with Gasteiger partial charge in [-0.1, -0.05) is 6.92 Å². The van der Waals surface area contributed by atoms with Crippen molar-refractivity contribution < 1.29 is 24.2 Å². The van der Waals surface area contributed by atoms with Crippen LogP contribution in [0.1, 0.15) is 46.0 Å². The minimum atomic E-state index is -0.950. The number of aromatic carboxylic acids is 1. The first kappa shape index (κ1) is 21.7. The van der Waals surface area contributed by atoms with Gasteiger partial charge in [0.2, 0.25) is 0 Å². The molecule has 3 rings (SSSR count). The van der Waals surface area contributed by atoms with Gasteiger partial charge in [-0.3, -0.25) is 5.10 Å². The molecule has 9 heteroatoms. The van der Waals surface area contributed by atoms with Gasteiger partial charge in [0.1, 0.15) is 11.4 Å². The highest BCUT2D eigenvalue weighted by Gasteiger charge is 2.15. The Labute approximate surface area is 168 Å². The Hall–Kier alpha value is -3.62. The number of nitrogens with one attached hydrogen (secondary N) is 1. The molecule has 3 aromatic rings. The van der Waals surface area contributed by atoms with Crippen molar-refractivity contribution in [1.82, 2.24) is 20.0 Å². The van der Waals surface area contributed by atoms with Crippen molar-refractivity contribution in [1.29, 1.82) is 0 Å². The number of carboxylic acids is 1. The Morgan fingerprint density at radius 3 is 2.41 bits per heavy atom. The number of carbonyl (C=O) groups is 2. The maximum Gasteiger partial charge on any atom is 0.359 e. The molecule has 0 radical (unpaired) electrons. The molecule has 0 aliphatic carbocycles. The van der Waals surface area contributed by atoms with E-state index in [-0.39, 0.29) is 5.69 Å². The first-order chi connectivity index (χ1) is 13.9. The van der Waals surface area contributed by atoms with Crippen LogP contribution >= 0.6 is 0 Å². The number of methoxy groups -OCH3 is 1. The Bertz CT molecular complexity index is 960. The molecule has 2 heterocycles. The van der Waals surface area contributed by atoms with Crippen molar-refractivity contribution in [2.75, 3.05) is 13.7 Å². The quantitative estimate of drug-likeness (QED) is 0.610. The van der Waals surface area contributed by atoms with Crippen LogP contribution in [0.4, 0.5) is 0 Å². The first-order valence-corrected chi connectivity index (χ1v) is 9.04. The minimum Gasteiger partial charge on any atom is -0.497 e. The number of aromatic nitrogens is 4. The van der Waals surface area contributed by atoms with Crippen LogP contribution in [0.2, 0.25) is 0 Å². The smallest absolute Gasteiger partial charge is 0.359 e. The van der Waals surface area contributed by atoms with E-state index in [0.29, 0.717) is 18.7 Å². The van der Waals surface area contributed by atoms with E-state index in [1.807, 2.05) is 38.1 Å². The van der Waals surface area contributed by atoms with Gasteiger partial charge >= 0.3 is 11.9 Å². The summed E-state index contributed by atoms with van der Waals surface area (Å²) in [7, 11) is 1.62. The van der Waals surface area contributed by atoms with Gasteiger partial charge in [0.25, 0.3) is 0 Å². The predicted octanol–water partition coefficient (Wildman–Crippen LogP) is 3.04. The molecule has 2 aromatic heterocycles. The lowest BCUT2D eigenvalue weighted by Crippen LogP contribution is -2.07. The zero-order valence-electron chi connectivity index (χ0n) is 16.8. The van der Waals surface area contributed by atoms with Crippen molar-refractivity contribution in [3.63, 3.8) is 0 Å². The zero-order valence-corrected chi connectivity index (χ0v) is 16.8. The maximum absolute atomic E-state index is 11.7. The number of aromatic amines is 1. The van der Waals surface area contributed by atoms with E-state index in [1.165, 1.54) is 6.20 Å². The molecule has 0 saturated heterocycles. The summed E-state index contributed by atoms with van der Waals surface area (Å²) >= 11 is 0. The number of esters is 1. The van der Waals surface area contributed by atoms with Gasteiger partial charge in [-0.05, 0) is 44.5 Å². The SMILES string of the molecule is CCOC(=O)c1nn(-c2ccc(OC)cc2)cc1C.CCc1cn[nH]c1C(=O)O. The Morgan fingerprint density at radius 2 is 1.90 bits per heavy atom. The van der Waals surface area contributed by atoms with E-state index in [0.717, 1.165) is 22.6 Å². The van der Waals surface area contributed by atoms with Crippen LogP contribution in [0, 0.1) is 6.92 Å². The Balaban J connectivity index is 0.000000253. The lowest BCUT2D eigenvalue weighted by atomic mass is 10.2. The Morgan fingerprint density at radius 1 is 1.21 bits per heavy atom. The van der Waals surface area contributed by atoms with Gasteiger partial charge in [-0.2, -0.15) is 10.2 Å². The molecule has 0 aliphatic rings. The van der Waals surface area contributed by atoms with Gasteiger partial charge in [-0.15, -0.1) is 0 Å². The standard InChI is InChI=1S/C14H16N2O3.C6H8N2O2/c1-4-19-14(17)13-10(2)9-16(15-13)11-5-7-12(18-3)8-6-11;1-2-4-3-7-8-5(4)6(9)10/h5-9H,4H2,1-3H3;3H,2H2,1H3,(H,7,8)(H,9,10). The Kier molecular flexibility index (Phi) is 7.53. The van der Waals surface area contributed by atoms with Gasteiger partial charge in [0.15, 0.2) is 5.69 Å². The van der Waals surface area contributed by atoms with Crippen LogP contribution in [-0.4, -0.2) is 50.7 Å². The fourth-order valence-corrected chi connectivity index (χ4v) is 2.49. The van der Waals surface area contributed by atoms with Gasteiger partial charge in [0.05, 0.1) is 25.6 Å². The topological polar surface area (TPSA) is 119 Å². The predicted molar refractivity (Wildman–Crippen MR) is 106 cm³/mol. The summed E-state index contributed by atoms with van der Waals surface area (Å²) < 4.78 is 11.7. The van der Waals surface area contributed by atoms with Crippen LogP contribution in [0.3, 0.4) is 0 Å². The fraction of sp³-hybridized carbons (Fsp3) is 0.300. The van der Waals surface area contributed by atoms with Crippen LogP contribution in [-0.2, 0) is 11.2 Å². The van der Waals surface area contributed by atoms with Crippen molar-refractivity contribution in [3.05, 3.63) is 59.2 Å². The molecule has 9 nitrogen and oxygen atoms in total. The molecule has 0 fully saturated rings. The van der Waals surface area contributed by atoms with Crippen LogP contribution in [0.5, 0.6) is 5.75 Å². The summed E-state index contributed by atoms with van der Waals surface area (Å²) in [6, 6.07) is 7.44. The first-order valence-electron chi connectivity index (χ1n) is 9.04. The second-order valence-corrected chi connectivity index (χ2v) is 5.95. The number of rotatable bonds is 6. The molecule has 0 aliphatic heterocycles. The average molecular weight is 400 g/mol. The molecule has 0 amide bonds. The van der Waals surface area contributed by atoms with E-state index in [1.54, 1.807) is 24.9 Å². The summed E-state index contributed by atoms with van der Waals surface area (Å²) in [5.74, 6) is -0.570. The van der Waals surface area contributed by atoms with E-state index in [2.05, 4.69) is 15.3 Å². The molecule has 29 heavy (non-hydrogen) atoms. The normalized spacial score (nSPS) is 10.1. The van der Waals surface area contributed by atoms with E-state index in [9.17, 15) is 9.59 Å². The number of H-pyrrole nitrogens is 1. The number of carboxylic acid groups (broad SMARTS) is 1. The van der Waals surface area contributed by atoms with Crippen molar-refractivity contribution >= 4 is 11.9 Å². The zero-order chi connectivity index (χ0) is 21.4. The molecule has 0 atom stereocenters. The summed E-state index contributed by atoms with van der Waals surface area (Å²) in [6.45, 7) is 5.83. The van der Waals surface area contributed by atoms with E-state index in [4.69, 9.17) is 14.6 Å². The molecule has 0 spiro atoms. The second-order valence-electron chi connectivity index (χ2n) is 5.95. The highest BCUT2D eigenvalue weighted by Crippen LogP contribution is 2.16. The molecule has 0 bridgehead atoms. The highest BCUT2D eigenvalue weighted by atomic mass is 16.5. The van der Waals surface area contributed by atoms with Gasteiger partial charge in [-0.25, -0.2) is 14.3 Å². The van der Waals surface area contributed by atoms with Crippen molar-refractivity contribution in [3.8, 4) is 11.4 Å². The summed E-state index contributed by atoms with van der Waals surface area (Å²) in [5.41, 5.74) is 2.93. The lowest BCUT2D eigenvalue weighted by molar-refractivity contribution is 0.0517. The fourth-order valence-electron chi connectivity index (χ4n) is 2.49. The van der Waals surface area contributed by atoms with E-state index >= 15 is 0 Å². The summed E-state index contributed by atoms with van der Waals surface area (Å²) in [6.07, 6.45) is 4.02. The number of hydrogen-bond acceptors (Lipinski definition) is 6. The number of nitrogens with zero attached hydrogens (tertiary/aromatic N) is 3. The second kappa shape index (κ2) is 10.1. The molecule has 1 aromatic carbocycles. The third-order valence-corrected chi connectivity index (χ3v) is 4.02. The lowest BCUT2D eigenvalue weighted by Gasteiger charge is -2.03. The van der Waals surface area contributed by atoms with Gasteiger partial charge < -0.3 is 14.6 Å². The molecule has 2 N–H and O–H groups in total. The average Bonchev–Trinajstić information content (AvgIpc) is 3.35. The van der Waals surface area contributed by atoms with Crippen LogP contribution in [0.25, 0.3) is 5.69 Å². The third kappa shape index (κ3) is 5.44. The third-order valence-electron chi connectivity index (χ3n) is 4.02. The summed E-state index contributed by atoms with van der Waals surface area (Å²) in [5, 5.41) is 18.8. The number of hydrogen-bond donors (Lipinski definition) is 2. The number of benzene rings is 1. The molecule has 0 unspecified atom stereocenters. The maximum atomic E-state index is 11.7. The number of ether oxygens (including phenoxy) is 2. The highest BCUT2D eigenvalue weighted by molar-refractivity contribution is 5.88. The van der Waals surface area contributed by atoms with E-state index < -0.39 is 11.9 Å².